The Morgan fingerprint density at radius 1 is 1.05 bits per heavy atom. The van der Waals surface area contributed by atoms with Crippen molar-refractivity contribution in [3.05, 3.63) is 59.2 Å². The topological polar surface area (TPSA) is 59.1 Å². The Bertz CT molecular complexity index is 652. The molecule has 3 nitrogen and oxygen atoms in total. The number of nitrogen functional groups attached to an aromatic ring is 1. The van der Waals surface area contributed by atoms with Crippen molar-refractivity contribution in [3.63, 3.8) is 0 Å². The zero-order valence-corrected chi connectivity index (χ0v) is 13.0. The van der Waals surface area contributed by atoms with Crippen LogP contribution in [0.1, 0.15) is 37.5 Å². The van der Waals surface area contributed by atoms with Crippen LogP contribution in [0.2, 0.25) is 0 Å². The van der Waals surface area contributed by atoms with Crippen LogP contribution in [-0.4, -0.2) is 5.84 Å². The Hall–Kier alpha value is -2.29. The maximum atomic E-state index is 7.65. The van der Waals surface area contributed by atoms with Crippen LogP contribution in [0.4, 0.5) is 0 Å². The fourth-order valence-corrected chi connectivity index (χ4v) is 2.09. The van der Waals surface area contributed by atoms with Crippen molar-refractivity contribution in [2.24, 2.45) is 5.73 Å². The van der Waals surface area contributed by atoms with Gasteiger partial charge in [0.2, 0.25) is 0 Å². The van der Waals surface area contributed by atoms with Crippen LogP contribution in [-0.2, 0) is 5.41 Å². The van der Waals surface area contributed by atoms with Crippen LogP contribution in [0, 0.1) is 12.3 Å². The Balaban J connectivity index is 2.28. The van der Waals surface area contributed by atoms with Gasteiger partial charge in [-0.3, -0.25) is 5.41 Å². The van der Waals surface area contributed by atoms with Gasteiger partial charge in [0.1, 0.15) is 17.3 Å². The van der Waals surface area contributed by atoms with Gasteiger partial charge in [-0.1, -0.05) is 44.5 Å². The highest BCUT2D eigenvalue weighted by Gasteiger charge is 2.13. The van der Waals surface area contributed by atoms with E-state index in [1.807, 2.05) is 37.3 Å². The molecule has 0 saturated heterocycles. The molecule has 0 saturated carbocycles. The predicted molar refractivity (Wildman–Crippen MR) is 87.4 cm³/mol. The second-order valence-corrected chi connectivity index (χ2v) is 6.29. The summed E-state index contributed by atoms with van der Waals surface area (Å²) in [6.07, 6.45) is 0. The fraction of sp³-hybridized carbons (Fsp3) is 0.278. The quantitative estimate of drug-likeness (QED) is 0.648. The van der Waals surface area contributed by atoms with Gasteiger partial charge in [-0.15, -0.1) is 0 Å². The van der Waals surface area contributed by atoms with Crippen molar-refractivity contribution < 1.29 is 4.74 Å². The van der Waals surface area contributed by atoms with Crippen molar-refractivity contribution in [1.82, 2.24) is 0 Å². The summed E-state index contributed by atoms with van der Waals surface area (Å²) in [5, 5.41) is 7.65. The largest absolute Gasteiger partial charge is 0.457 e. The maximum absolute atomic E-state index is 7.65. The summed E-state index contributed by atoms with van der Waals surface area (Å²) in [6.45, 7) is 8.50. The Kier molecular flexibility index (Phi) is 4.03. The molecule has 0 aliphatic carbocycles. The summed E-state index contributed by atoms with van der Waals surface area (Å²) < 4.78 is 5.87. The van der Waals surface area contributed by atoms with Gasteiger partial charge in [0.05, 0.1) is 5.56 Å². The average molecular weight is 282 g/mol. The van der Waals surface area contributed by atoms with Gasteiger partial charge in [-0.05, 0) is 42.2 Å². The van der Waals surface area contributed by atoms with E-state index in [1.54, 1.807) is 0 Å². The molecule has 0 bridgehead atoms. The molecule has 3 heteroatoms. The summed E-state index contributed by atoms with van der Waals surface area (Å²) >= 11 is 0. The number of hydrogen-bond acceptors (Lipinski definition) is 2. The van der Waals surface area contributed by atoms with Gasteiger partial charge in [0.25, 0.3) is 0 Å². The first-order chi connectivity index (χ1) is 9.77. The molecule has 110 valence electrons. The first kappa shape index (κ1) is 15.1. The Labute approximate surface area is 126 Å². The molecular weight excluding hydrogens is 260 g/mol. The van der Waals surface area contributed by atoms with E-state index in [4.69, 9.17) is 15.9 Å². The molecule has 0 heterocycles. The van der Waals surface area contributed by atoms with Gasteiger partial charge < -0.3 is 10.5 Å². The van der Waals surface area contributed by atoms with Crippen molar-refractivity contribution in [1.29, 1.82) is 5.41 Å². The number of rotatable bonds is 3. The lowest BCUT2D eigenvalue weighted by Crippen LogP contribution is -2.12. The normalized spacial score (nSPS) is 11.2. The van der Waals surface area contributed by atoms with E-state index >= 15 is 0 Å². The van der Waals surface area contributed by atoms with Gasteiger partial charge in [0, 0.05) is 0 Å². The van der Waals surface area contributed by atoms with Gasteiger partial charge in [0.15, 0.2) is 0 Å². The molecule has 0 aromatic heterocycles. The van der Waals surface area contributed by atoms with Gasteiger partial charge in [-0.25, -0.2) is 0 Å². The van der Waals surface area contributed by atoms with Crippen LogP contribution in [0.3, 0.4) is 0 Å². The summed E-state index contributed by atoms with van der Waals surface area (Å²) in [5.41, 5.74) is 8.67. The SMILES string of the molecule is Cc1ccc(Oc2ccc(C(C)(C)C)cc2)c(C(=N)N)c1. The highest BCUT2D eigenvalue weighted by Crippen LogP contribution is 2.29. The van der Waals surface area contributed by atoms with Crippen LogP contribution >= 0.6 is 0 Å². The fourth-order valence-electron chi connectivity index (χ4n) is 2.09. The molecule has 0 unspecified atom stereocenters. The minimum absolute atomic E-state index is 0.0139. The molecular formula is C18H22N2O. The lowest BCUT2D eigenvalue weighted by Gasteiger charge is -2.19. The summed E-state index contributed by atoms with van der Waals surface area (Å²) in [6, 6.07) is 13.7. The number of ether oxygens (including phenoxy) is 1. The molecule has 0 spiro atoms. The van der Waals surface area contributed by atoms with Crippen LogP contribution in [0.25, 0.3) is 0 Å². The lowest BCUT2D eigenvalue weighted by atomic mass is 9.87. The molecule has 2 aromatic carbocycles. The molecule has 0 fully saturated rings. The van der Waals surface area contributed by atoms with Crippen LogP contribution in [0.5, 0.6) is 11.5 Å². The van der Waals surface area contributed by atoms with Crippen LogP contribution < -0.4 is 10.5 Å². The van der Waals surface area contributed by atoms with E-state index in [9.17, 15) is 0 Å². The average Bonchev–Trinajstić information content (AvgIpc) is 2.40. The zero-order valence-electron chi connectivity index (χ0n) is 13.0. The number of aryl methyl sites for hydroxylation is 1. The number of amidine groups is 1. The standard InChI is InChI=1S/C18H22N2O/c1-12-5-10-16(15(11-12)17(19)20)21-14-8-6-13(7-9-14)18(2,3)4/h5-11H,1-4H3,(H3,19,20). The molecule has 0 aliphatic rings. The summed E-state index contributed by atoms with van der Waals surface area (Å²) in [7, 11) is 0. The third-order valence-electron chi connectivity index (χ3n) is 3.37. The monoisotopic (exact) mass is 282 g/mol. The van der Waals surface area contributed by atoms with Crippen molar-refractivity contribution in [2.45, 2.75) is 33.1 Å². The van der Waals surface area contributed by atoms with E-state index in [0.29, 0.717) is 11.3 Å². The highest BCUT2D eigenvalue weighted by molar-refractivity contribution is 5.97. The molecule has 0 amide bonds. The second kappa shape index (κ2) is 5.60. The van der Waals surface area contributed by atoms with Crippen molar-refractivity contribution in [2.75, 3.05) is 0 Å². The minimum Gasteiger partial charge on any atom is -0.457 e. The molecule has 3 N–H and O–H groups in total. The van der Waals surface area contributed by atoms with Crippen molar-refractivity contribution in [3.8, 4) is 11.5 Å². The van der Waals surface area contributed by atoms with Crippen LogP contribution in [0.15, 0.2) is 42.5 Å². The Morgan fingerprint density at radius 2 is 1.67 bits per heavy atom. The maximum Gasteiger partial charge on any atom is 0.138 e. The summed E-state index contributed by atoms with van der Waals surface area (Å²) in [5.74, 6) is 1.37. The third-order valence-corrected chi connectivity index (χ3v) is 3.37. The molecule has 0 atom stereocenters. The highest BCUT2D eigenvalue weighted by atomic mass is 16.5. The van der Waals surface area contributed by atoms with E-state index in [1.165, 1.54) is 5.56 Å². The number of nitrogens with two attached hydrogens (primary N) is 1. The molecule has 2 aromatic rings. The molecule has 0 aliphatic heterocycles. The Morgan fingerprint density at radius 3 is 2.19 bits per heavy atom. The van der Waals surface area contributed by atoms with Crippen molar-refractivity contribution >= 4 is 5.84 Å². The first-order valence-electron chi connectivity index (χ1n) is 7.01. The smallest absolute Gasteiger partial charge is 0.138 e. The third kappa shape index (κ3) is 3.63. The van der Waals surface area contributed by atoms with E-state index in [0.717, 1.165) is 11.3 Å². The lowest BCUT2D eigenvalue weighted by molar-refractivity contribution is 0.480. The molecule has 2 rings (SSSR count). The first-order valence-corrected chi connectivity index (χ1v) is 7.01. The number of benzene rings is 2. The predicted octanol–water partition coefficient (Wildman–Crippen LogP) is 4.37. The summed E-state index contributed by atoms with van der Waals surface area (Å²) in [4.78, 5) is 0. The van der Waals surface area contributed by atoms with Gasteiger partial charge in [-0.2, -0.15) is 0 Å². The number of hydrogen-bond donors (Lipinski definition) is 2. The van der Waals surface area contributed by atoms with E-state index < -0.39 is 0 Å². The van der Waals surface area contributed by atoms with Gasteiger partial charge >= 0.3 is 0 Å². The zero-order chi connectivity index (χ0) is 15.6. The second-order valence-electron chi connectivity index (χ2n) is 6.29. The van der Waals surface area contributed by atoms with E-state index in [-0.39, 0.29) is 11.3 Å². The minimum atomic E-state index is 0.0139. The number of nitrogens with one attached hydrogen (secondary N) is 1. The van der Waals surface area contributed by atoms with E-state index in [2.05, 4.69) is 32.9 Å². The molecule has 0 radical (unpaired) electrons. The molecule has 21 heavy (non-hydrogen) atoms.